The van der Waals surface area contributed by atoms with Crippen LogP contribution in [0, 0.1) is 0 Å². The molecule has 0 radical (unpaired) electrons. The van der Waals surface area contributed by atoms with E-state index >= 15 is 0 Å². The largest absolute Gasteiger partial charge is 0.340 e. The van der Waals surface area contributed by atoms with E-state index in [1.807, 2.05) is 24.3 Å². The highest BCUT2D eigenvalue weighted by atomic mass is 32.2. The number of sulfone groups is 1. The fraction of sp³-hybridized carbons (Fsp3) is 0.304. The van der Waals surface area contributed by atoms with Gasteiger partial charge in [-0.15, -0.1) is 0 Å². The van der Waals surface area contributed by atoms with Gasteiger partial charge < -0.3 is 9.80 Å². The maximum absolute atomic E-state index is 13.4. The lowest BCUT2D eigenvalue weighted by molar-refractivity contribution is -0.144. The lowest BCUT2D eigenvalue weighted by Crippen LogP contribution is -2.53. The predicted octanol–water partition coefficient (Wildman–Crippen LogP) is 2.20. The molecule has 0 spiro atoms. The Balaban J connectivity index is 1.55. The van der Waals surface area contributed by atoms with E-state index in [-0.39, 0.29) is 23.3 Å². The third-order valence-corrected chi connectivity index (χ3v) is 8.15. The van der Waals surface area contributed by atoms with E-state index in [0.717, 1.165) is 11.1 Å². The van der Waals surface area contributed by atoms with Crippen molar-refractivity contribution in [3.63, 3.8) is 0 Å². The molecular weight excluding hydrogens is 400 g/mol. The van der Waals surface area contributed by atoms with Crippen molar-refractivity contribution < 1.29 is 18.0 Å². The third-order valence-electron chi connectivity index (χ3n) is 5.96. The van der Waals surface area contributed by atoms with Gasteiger partial charge in [-0.3, -0.25) is 9.59 Å². The van der Waals surface area contributed by atoms with Gasteiger partial charge in [-0.25, -0.2) is 8.42 Å². The summed E-state index contributed by atoms with van der Waals surface area (Å²) in [6.45, 7) is 4.42. The standard InChI is InChI=1S/C23H24N2O4S/c1-2-22(26)25-15-18-9-7-6-8-17(18)14-21(25)23(27)24-13-12-20(16-24)30(28,29)19-10-4-3-5-11-19/h2-11,20-21H,1,12-16H2/t20?,21-/m0/s1. The first kappa shape index (κ1) is 20.3. The Bertz CT molecular complexity index is 1080. The second kappa shape index (κ2) is 8.07. The van der Waals surface area contributed by atoms with Crippen molar-refractivity contribution in [2.75, 3.05) is 13.1 Å². The number of carbonyl (C=O) groups is 2. The molecule has 2 aromatic rings. The van der Waals surface area contributed by atoms with Gasteiger partial charge in [-0.2, -0.15) is 0 Å². The average molecular weight is 425 g/mol. The van der Waals surface area contributed by atoms with E-state index < -0.39 is 21.1 Å². The van der Waals surface area contributed by atoms with Crippen molar-refractivity contribution in [3.8, 4) is 0 Å². The lowest BCUT2D eigenvalue weighted by atomic mass is 9.93. The predicted molar refractivity (Wildman–Crippen MR) is 113 cm³/mol. The molecule has 30 heavy (non-hydrogen) atoms. The summed E-state index contributed by atoms with van der Waals surface area (Å²) < 4.78 is 25.9. The molecule has 7 heteroatoms. The molecule has 1 unspecified atom stereocenters. The third kappa shape index (κ3) is 3.65. The summed E-state index contributed by atoms with van der Waals surface area (Å²) in [5, 5.41) is -0.636. The molecule has 2 amide bonds. The fourth-order valence-electron chi connectivity index (χ4n) is 4.29. The maximum atomic E-state index is 13.4. The summed E-state index contributed by atoms with van der Waals surface area (Å²) in [7, 11) is -3.51. The normalized spacial score (nSPS) is 21.2. The minimum Gasteiger partial charge on any atom is -0.340 e. The van der Waals surface area contributed by atoms with E-state index in [1.54, 1.807) is 35.2 Å². The molecule has 1 saturated heterocycles. The number of carbonyl (C=O) groups excluding carboxylic acids is 2. The highest BCUT2D eigenvalue weighted by Gasteiger charge is 2.41. The van der Waals surface area contributed by atoms with Crippen molar-refractivity contribution in [2.45, 2.75) is 35.6 Å². The number of benzene rings is 2. The lowest BCUT2D eigenvalue weighted by Gasteiger charge is -2.37. The molecule has 1 fully saturated rings. The zero-order valence-electron chi connectivity index (χ0n) is 16.6. The van der Waals surface area contributed by atoms with Gasteiger partial charge in [0.25, 0.3) is 0 Å². The van der Waals surface area contributed by atoms with Crippen LogP contribution in [0.4, 0.5) is 0 Å². The molecule has 0 aliphatic carbocycles. The molecule has 2 atom stereocenters. The van der Waals surface area contributed by atoms with E-state index in [2.05, 4.69) is 6.58 Å². The molecule has 0 bridgehead atoms. The Morgan fingerprint density at radius 1 is 1.00 bits per heavy atom. The van der Waals surface area contributed by atoms with Gasteiger partial charge in [0.1, 0.15) is 6.04 Å². The van der Waals surface area contributed by atoms with Crippen molar-refractivity contribution >= 4 is 21.7 Å². The number of rotatable bonds is 4. The van der Waals surface area contributed by atoms with Crippen LogP contribution in [-0.4, -0.2) is 54.4 Å². The molecule has 2 aliphatic rings. The molecule has 156 valence electrons. The second-order valence-electron chi connectivity index (χ2n) is 7.71. The number of hydrogen-bond acceptors (Lipinski definition) is 4. The first-order valence-corrected chi connectivity index (χ1v) is 11.5. The molecule has 0 saturated carbocycles. The van der Waals surface area contributed by atoms with Crippen LogP contribution < -0.4 is 0 Å². The van der Waals surface area contributed by atoms with E-state index in [0.29, 0.717) is 25.9 Å². The number of fused-ring (bicyclic) bond motifs is 1. The van der Waals surface area contributed by atoms with Crippen LogP contribution in [-0.2, 0) is 32.4 Å². The number of amides is 2. The quantitative estimate of drug-likeness (QED) is 0.706. The van der Waals surface area contributed by atoms with E-state index in [4.69, 9.17) is 0 Å². The van der Waals surface area contributed by atoms with Crippen LogP contribution in [0.15, 0.2) is 72.1 Å². The van der Waals surface area contributed by atoms with Gasteiger partial charge in [-0.1, -0.05) is 49.0 Å². The average Bonchev–Trinajstić information content (AvgIpc) is 3.29. The molecule has 4 rings (SSSR count). The summed E-state index contributed by atoms with van der Waals surface area (Å²) in [5.41, 5.74) is 2.05. The zero-order valence-corrected chi connectivity index (χ0v) is 17.4. The van der Waals surface area contributed by atoms with Crippen LogP contribution in [0.1, 0.15) is 17.5 Å². The Hall–Kier alpha value is -2.93. The molecule has 2 aromatic carbocycles. The van der Waals surface area contributed by atoms with Crippen LogP contribution >= 0.6 is 0 Å². The monoisotopic (exact) mass is 424 g/mol. The number of hydrogen-bond donors (Lipinski definition) is 0. The Labute approximate surface area is 176 Å². The topological polar surface area (TPSA) is 74.8 Å². The highest BCUT2D eigenvalue weighted by Crippen LogP contribution is 2.28. The van der Waals surface area contributed by atoms with Gasteiger partial charge >= 0.3 is 0 Å². The fourth-order valence-corrected chi connectivity index (χ4v) is 6.00. The molecule has 6 nitrogen and oxygen atoms in total. The van der Waals surface area contributed by atoms with Gasteiger partial charge in [0.05, 0.1) is 10.1 Å². The molecule has 2 heterocycles. The summed E-state index contributed by atoms with van der Waals surface area (Å²) in [4.78, 5) is 29.2. The van der Waals surface area contributed by atoms with Crippen molar-refractivity contribution in [1.29, 1.82) is 0 Å². The summed E-state index contributed by atoms with van der Waals surface area (Å²) >= 11 is 0. The Morgan fingerprint density at radius 3 is 2.37 bits per heavy atom. The maximum Gasteiger partial charge on any atom is 0.246 e. The Morgan fingerprint density at radius 2 is 1.67 bits per heavy atom. The van der Waals surface area contributed by atoms with Gasteiger partial charge in [0.2, 0.25) is 11.8 Å². The first-order chi connectivity index (χ1) is 14.4. The zero-order chi connectivity index (χ0) is 21.3. The minimum absolute atomic E-state index is 0.143. The smallest absolute Gasteiger partial charge is 0.246 e. The summed E-state index contributed by atoms with van der Waals surface area (Å²) in [5.74, 6) is -0.499. The summed E-state index contributed by atoms with van der Waals surface area (Å²) in [6, 6.07) is 15.5. The van der Waals surface area contributed by atoms with Gasteiger partial charge in [0, 0.05) is 26.1 Å². The van der Waals surface area contributed by atoms with Crippen molar-refractivity contribution in [3.05, 3.63) is 78.4 Å². The molecular formula is C23H24N2O4S. The Kier molecular flexibility index (Phi) is 5.47. The number of likely N-dealkylation sites (tertiary alicyclic amines) is 1. The van der Waals surface area contributed by atoms with E-state index in [9.17, 15) is 18.0 Å². The van der Waals surface area contributed by atoms with Crippen molar-refractivity contribution in [2.24, 2.45) is 0 Å². The molecule has 2 aliphatic heterocycles. The van der Waals surface area contributed by atoms with Crippen LogP contribution in [0.3, 0.4) is 0 Å². The van der Waals surface area contributed by atoms with Crippen LogP contribution in [0.2, 0.25) is 0 Å². The number of nitrogens with zero attached hydrogens (tertiary/aromatic N) is 2. The SMILES string of the molecule is C=CC(=O)N1Cc2ccccc2C[C@H]1C(=O)N1CCC(S(=O)(=O)c2ccccc2)C1. The van der Waals surface area contributed by atoms with E-state index in [1.165, 1.54) is 11.0 Å². The molecule has 0 aromatic heterocycles. The second-order valence-corrected chi connectivity index (χ2v) is 9.94. The van der Waals surface area contributed by atoms with Crippen LogP contribution in [0.25, 0.3) is 0 Å². The minimum atomic E-state index is -3.51. The van der Waals surface area contributed by atoms with Gasteiger partial charge in [-0.05, 0) is 35.8 Å². The van der Waals surface area contributed by atoms with Gasteiger partial charge in [0.15, 0.2) is 9.84 Å². The highest BCUT2D eigenvalue weighted by molar-refractivity contribution is 7.92. The van der Waals surface area contributed by atoms with Crippen molar-refractivity contribution in [1.82, 2.24) is 9.80 Å². The van der Waals surface area contributed by atoms with Crippen LogP contribution in [0.5, 0.6) is 0 Å². The first-order valence-electron chi connectivity index (χ1n) is 9.99. The molecule has 0 N–H and O–H groups in total. The summed E-state index contributed by atoms with van der Waals surface area (Å²) in [6.07, 6.45) is 2.03.